The summed E-state index contributed by atoms with van der Waals surface area (Å²) in [6.07, 6.45) is -0.561. The predicted molar refractivity (Wildman–Crippen MR) is 70.4 cm³/mol. The van der Waals surface area contributed by atoms with Gasteiger partial charge in [0.2, 0.25) is 5.91 Å². The van der Waals surface area contributed by atoms with E-state index in [2.05, 4.69) is 5.32 Å². The molecule has 0 aromatic heterocycles. The quantitative estimate of drug-likeness (QED) is 0.832. The summed E-state index contributed by atoms with van der Waals surface area (Å²) in [5.41, 5.74) is 0.505. The lowest BCUT2D eigenvalue weighted by molar-refractivity contribution is -0.122. The zero-order valence-electron chi connectivity index (χ0n) is 11.4. The van der Waals surface area contributed by atoms with Gasteiger partial charge in [0.15, 0.2) is 0 Å². The van der Waals surface area contributed by atoms with Crippen LogP contribution in [0.1, 0.15) is 38.9 Å². The van der Waals surface area contributed by atoms with Crippen molar-refractivity contribution in [1.29, 1.82) is 0 Å². The number of aliphatic hydroxyl groups excluding tert-OH is 1. The van der Waals surface area contributed by atoms with E-state index in [-0.39, 0.29) is 30.7 Å². The van der Waals surface area contributed by atoms with Crippen LogP contribution in [0.4, 0.5) is 4.39 Å². The van der Waals surface area contributed by atoms with Crippen molar-refractivity contribution in [2.45, 2.75) is 39.3 Å². The molecule has 1 atom stereocenters. The van der Waals surface area contributed by atoms with E-state index in [0.717, 1.165) is 0 Å². The molecule has 2 N–H and O–H groups in total. The molecule has 0 aliphatic heterocycles. The van der Waals surface area contributed by atoms with Gasteiger partial charge in [-0.3, -0.25) is 4.79 Å². The number of carbonyl (C=O) groups is 1. The van der Waals surface area contributed by atoms with Crippen molar-refractivity contribution in [2.75, 3.05) is 6.61 Å². The molecule has 1 aromatic rings. The lowest BCUT2D eigenvalue weighted by Crippen LogP contribution is -2.31. The smallest absolute Gasteiger partial charge is 0.223 e. The zero-order valence-corrected chi connectivity index (χ0v) is 11.4. The molecule has 4 nitrogen and oxygen atoms in total. The lowest BCUT2D eigenvalue weighted by Gasteiger charge is -2.14. The first-order chi connectivity index (χ1) is 8.90. The number of rotatable bonds is 6. The number of aliphatic hydroxyl groups is 1. The van der Waals surface area contributed by atoms with Crippen LogP contribution in [0.3, 0.4) is 0 Å². The maximum Gasteiger partial charge on any atom is 0.223 e. The number of ether oxygens (including phenoxy) is 1. The summed E-state index contributed by atoms with van der Waals surface area (Å²) in [4.78, 5) is 11.4. The molecular formula is C14H20FNO3. The van der Waals surface area contributed by atoms with Crippen LogP contribution in [0.2, 0.25) is 0 Å². The summed E-state index contributed by atoms with van der Waals surface area (Å²) in [6.45, 7) is 5.46. The van der Waals surface area contributed by atoms with Crippen molar-refractivity contribution < 1.29 is 19.0 Å². The number of nitrogens with one attached hydrogen (secondary N) is 1. The van der Waals surface area contributed by atoms with Gasteiger partial charge >= 0.3 is 0 Å². The number of hydrogen-bond acceptors (Lipinski definition) is 3. The van der Waals surface area contributed by atoms with Crippen LogP contribution in [-0.4, -0.2) is 23.7 Å². The number of carbonyl (C=O) groups excluding carboxylic acids is 1. The molecule has 1 aromatic carbocycles. The Bertz CT molecular complexity index is 433. The van der Waals surface area contributed by atoms with Gasteiger partial charge in [0.05, 0.1) is 19.1 Å². The Labute approximate surface area is 112 Å². The molecule has 0 saturated carbocycles. The number of benzene rings is 1. The molecule has 0 saturated heterocycles. The van der Waals surface area contributed by atoms with Gasteiger partial charge < -0.3 is 15.2 Å². The van der Waals surface area contributed by atoms with Gasteiger partial charge in [-0.15, -0.1) is 0 Å². The number of halogens is 1. The first-order valence-corrected chi connectivity index (χ1v) is 6.30. The second-order valence-electron chi connectivity index (χ2n) is 4.68. The molecule has 1 amide bonds. The van der Waals surface area contributed by atoms with Crippen molar-refractivity contribution in [3.05, 3.63) is 29.6 Å². The van der Waals surface area contributed by atoms with Crippen LogP contribution in [0.15, 0.2) is 18.2 Å². The van der Waals surface area contributed by atoms with Crippen molar-refractivity contribution in [3.63, 3.8) is 0 Å². The van der Waals surface area contributed by atoms with E-state index in [4.69, 9.17) is 4.74 Å². The minimum Gasteiger partial charge on any atom is -0.493 e. The Morgan fingerprint density at radius 1 is 1.42 bits per heavy atom. The highest BCUT2D eigenvalue weighted by Crippen LogP contribution is 2.26. The summed E-state index contributed by atoms with van der Waals surface area (Å²) in [5.74, 6) is -0.289. The summed E-state index contributed by atoms with van der Waals surface area (Å²) in [6, 6.07) is 4.03. The Morgan fingerprint density at radius 3 is 2.68 bits per heavy atom. The minimum absolute atomic E-state index is 0.0784. The molecule has 0 fully saturated rings. The van der Waals surface area contributed by atoms with Gasteiger partial charge in [-0.25, -0.2) is 4.39 Å². The van der Waals surface area contributed by atoms with Gasteiger partial charge in [-0.05, 0) is 32.9 Å². The molecule has 106 valence electrons. The fourth-order valence-corrected chi connectivity index (χ4v) is 1.63. The maximum atomic E-state index is 13.1. The first kappa shape index (κ1) is 15.4. The third-order valence-corrected chi connectivity index (χ3v) is 2.46. The summed E-state index contributed by atoms with van der Waals surface area (Å²) in [5, 5.41) is 12.3. The minimum atomic E-state index is -0.750. The number of amides is 1. The van der Waals surface area contributed by atoms with E-state index < -0.39 is 11.9 Å². The van der Waals surface area contributed by atoms with E-state index in [1.807, 2.05) is 13.8 Å². The SMILES string of the molecule is CC(C)NC(=O)CCOc1cc(F)ccc1[C@@H](C)O. The second kappa shape index (κ2) is 7.09. The molecule has 1 rings (SSSR count). The number of hydrogen-bond donors (Lipinski definition) is 2. The highest BCUT2D eigenvalue weighted by molar-refractivity contribution is 5.76. The molecule has 0 spiro atoms. The van der Waals surface area contributed by atoms with E-state index in [1.165, 1.54) is 18.2 Å². The average Bonchev–Trinajstić information content (AvgIpc) is 2.27. The predicted octanol–water partition coefficient (Wildman–Crippen LogP) is 2.17. The summed E-state index contributed by atoms with van der Waals surface area (Å²) in [7, 11) is 0. The average molecular weight is 269 g/mol. The van der Waals surface area contributed by atoms with Crippen molar-refractivity contribution in [3.8, 4) is 5.75 Å². The van der Waals surface area contributed by atoms with E-state index in [0.29, 0.717) is 5.56 Å². The highest BCUT2D eigenvalue weighted by atomic mass is 19.1. The third kappa shape index (κ3) is 5.26. The topological polar surface area (TPSA) is 58.6 Å². The van der Waals surface area contributed by atoms with Gasteiger partial charge in [0.25, 0.3) is 0 Å². The van der Waals surface area contributed by atoms with Gasteiger partial charge in [0.1, 0.15) is 11.6 Å². The molecular weight excluding hydrogens is 249 g/mol. The molecule has 0 heterocycles. The Hall–Kier alpha value is -1.62. The lowest BCUT2D eigenvalue weighted by atomic mass is 10.1. The largest absolute Gasteiger partial charge is 0.493 e. The normalized spacial score (nSPS) is 12.3. The van der Waals surface area contributed by atoms with E-state index in [1.54, 1.807) is 6.92 Å². The molecule has 0 aliphatic carbocycles. The highest BCUT2D eigenvalue weighted by Gasteiger charge is 2.11. The van der Waals surface area contributed by atoms with Crippen molar-refractivity contribution in [2.24, 2.45) is 0 Å². The Kier molecular flexibility index (Phi) is 5.76. The Balaban J connectivity index is 2.57. The summed E-state index contributed by atoms with van der Waals surface area (Å²) < 4.78 is 18.5. The molecule has 0 aliphatic rings. The standard InChI is InChI=1S/C14H20FNO3/c1-9(2)16-14(18)6-7-19-13-8-11(15)4-5-12(13)10(3)17/h4-5,8-10,17H,6-7H2,1-3H3,(H,16,18)/t10-/m1/s1. The van der Waals surface area contributed by atoms with Crippen LogP contribution >= 0.6 is 0 Å². The fraction of sp³-hybridized carbons (Fsp3) is 0.500. The molecule has 0 unspecified atom stereocenters. The van der Waals surface area contributed by atoms with Crippen LogP contribution in [-0.2, 0) is 4.79 Å². The second-order valence-corrected chi connectivity index (χ2v) is 4.68. The van der Waals surface area contributed by atoms with Crippen LogP contribution in [0.5, 0.6) is 5.75 Å². The third-order valence-electron chi connectivity index (χ3n) is 2.46. The maximum absolute atomic E-state index is 13.1. The molecule has 5 heteroatoms. The monoisotopic (exact) mass is 269 g/mol. The molecule has 0 radical (unpaired) electrons. The van der Waals surface area contributed by atoms with Gasteiger partial charge in [0, 0.05) is 17.7 Å². The van der Waals surface area contributed by atoms with E-state index in [9.17, 15) is 14.3 Å². The first-order valence-electron chi connectivity index (χ1n) is 6.30. The van der Waals surface area contributed by atoms with Gasteiger partial charge in [-0.2, -0.15) is 0 Å². The Morgan fingerprint density at radius 2 is 2.11 bits per heavy atom. The van der Waals surface area contributed by atoms with Crippen LogP contribution in [0.25, 0.3) is 0 Å². The summed E-state index contributed by atoms with van der Waals surface area (Å²) >= 11 is 0. The molecule has 19 heavy (non-hydrogen) atoms. The van der Waals surface area contributed by atoms with Gasteiger partial charge in [-0.1, -0.05) is 0 Å². The van der Waals surface area contributed by atoms with Crippen molar-refractivity contribution in [1.82, 2.24) is 5.32 Å². The van der Waals surface area contributed by atoms with Crippen LogP contribution < -0.4 is 10.1 Å². The van der Waals surface area contributed by atoms with Crippen LogP contribution in [0, 0.1) is 5.82 Å². The van der Waals surface area contributed by atoms with Crippen molar-refractivity contribution >= 4 is 5.91 Å². The molecule has 0 bridgehead atoms. The van der Waals surface area contributed by atoms with E-state index >= 15 is 0 Å². The zero-order chi connectivity index (χ0) is 14.4. The fourth-order valence-electron chi connectivity index (χ4n) is 1.63.